The molecule has 2 aromatic rings. The van der Waals surface area contributed by atoms with Crippen LogP contribution in [-0.2, 0) is 11.8 Å². The van der Waals surface area contributed by atoms with Crippen molar-refractivity contribution in [2.24, 2.45) is 7.05 Å². The Morgan fingerprint density at radius 2 is 2.00 bits per heavy atom. The third-order valence-corrected chi connectivity index (χ3v) is 3.85. The molecule has 8 heteroatoms. The second kappa shape index (κ2) is 7.15. The number of halogens is 2. The summed E-state index contributed by atoms with van der Waals surface area (Å²) in [5.41, 5.74) is 1.48. The SMILES string of the molecule is C=Cc1c(C)nn(C)c1Oc1cc(O[C@@H](C)C(=O)O)c(Cl)cc1Cl. The molecule has 0 amide bonds. The second-order valence-corrected chi connectivity index (χ2v) is 5.86. The third-order valence-electron chi connectivity index (χ3n) is 3.26. The van der Waals surface area contributed by atoms with E-state index in [1.165, 1.54) is 19.1 Å². The number of aliphatic carboxylic acids is 1. The van der Waals surface area contributed by atoms with E-state index in [9.17, 15) is 4.79 Å². The van der Waals surface area contributed by atoms with Crippen molar-refractivity contribution in [3.05, 3.63) is 40.0 Å². The average molecular weight is 371 g/mol. The maximum Gasteiger partial charge on any atom is 0.344 e. The Bertz CT molecular complexity index is 802. The van der Waals surface area contributed by atoms with E-state index in [-0.39, 0.29) is 21.5 Å². The monoisotopic (exact) mass is 370 g/mol. The van der Waals surface area contributed by atoms with Gasteiger partial charge in [-0.05, 0) is 19.9 Å². The fraction of sp³-hybridized carbons (Fsp3) is 0.250. The highest BCUT2D eigenvalue weighted by Gasteiger charge is 2.19. The Hall–Kier alpha value is -2.18. The Labute approximate surface area is 149 Å². The number of rotatable bonds is 6. The van der Waals surface area contributed by atoms with Crippen LogP contribution in [0.1, 0.15) is 18.2 Å². The van der Waals surface area contributed by atoms with Crippen molar-refractivity contribution in [2.45, 2.75) is 20.0 Å². The summed E-state index contributed by atoms with van der Waals surface area (Å²) in [4.78, 5) is 10.9. The first-order valence-corrected chi connectivity index (χ1v) is 7.72. The first kappa shape index (κ1) is 18.2. The van der Waals surface area contributed by atoms with Crippen LogP contribution in [0.2, 0.25) is 10.0 Å². The highest BCUT2D eigenvalue weighted by atomic mass is 35.5. The molecule has 0 saturated heterocycles. The summed E-state index contributed by atoms with van der Waals surface area (Å²) in [5, 5.41) is 13.7. The molecule has 0 spiro atoms. The summed E-state index contributed by atoms with van der Waals surface area (Å²) in [6.45, 7) is 6.97. The van der Waals surface area contributed by atoms with Gasteiger partial charge in [0.15, 0.2) is 11.9 Å². The molecule has 1 aromatic heterocycles. The van der Waals surface area contributed by atoms with E-state index in [1.54, 1.807) is 17.8 Å². The number of hydrogen-bond acceptors (Lipinski definition) is 4. The van der Waals surface area contributed by atoms with Crippen LogP contribution in [0.3, 0.4) is 0 Å². The van der Waals surface area contributed by atoms with Crippen LogP contribution >= 0.6 is 23.2 Å². The highest BCUT2D eigenvalue weighted by Crippen LogP contribution is 2.39. The van der Waals surface area contributed by atoms with E-state index in [2.05, 4.69) is 11.7 Å². The zero-order chi connectivity index (χ0) is 18.0. The highest BCUT2D eigenvalue weighted by molar-refractivity contribution is 6.36. The largest absolute Gasteiger partial charge is 0.479 e. The zero-order valence-electron chi connectivity index (χ0n) is 13.3. The van der Waals surface area contributed by atoms with Crippen LogP contribution in [0.15, 0.2) is 18.7 Å². The first-order valence-electron chi connectivity index (χ1n) is 6.97. The van der Waals surface area contributed by atoms with Gasteiger partial charge in [-0.1, -0.05) is 35.9 Å². The summed E-state index contributed by atoms with van der Waals surface area (Å²) in [6, 6.07) is 2.87. The Kier molecular flexibility index (Phi) is 5.41. The molecule has 1 N–H and O–H groups in total. The van der Waals surface area contributed by atoms with Gasteiger partial charge in [0.2, 0.25) is 5.88 Å². The number of hydrogen-bond donors (Lipinski definition) is 1. The standard InChI is InChI=1S/C16H16Cl2N2O4/c1-5-10-8(2)19-20(4)15(10)24-14-7-13(11(17)6-12(14)18)23-9(3)16(21)22/h5-7,9H,1H2,2-4H3,(H,21,22)/t9-/m0/s1. The lowest BCUT2D eigenvalue weighted by atomic mass is 10.2. The summed E-state index contributed by atoms with van der Waals surface area (Å²) >= 11 is 12.2. The van der Waals surface area contributed by atoms with Gasteiger partial charge in [-0.25, -0.2) is 9.48 Å². The van der Waals surface area contributed by atoms with Gasteiger partial charge < -0.3 is 14.6 Å². The number of benzene rings is 1. The smallest absolute Gasteiger partial charge is 0.344 e. The third kappa shape index (κ3) is 3.66. The molecule has 0 unspecified atom stereocenters. The van der Waals surface area contributed by atoms with E-state index in [0.717, 1.165) is 11.3 Å². The van der Waals surface area contributed by atoms with Crippen LogP contribution in [0.5, 0.6) is 17.4 Å². The second-order valence-electron chi connectivity index (χ2n) is 5.05. The number of aromatic nitrogens is 2. The average Bonchev–Trinajstić information content (AvgIpc) is 2.77. The van der Waals surface area contributed by atoms with Gasteiger partial charge in [0, 0.05) is 13.1 Å². The van der Waals surface area contributed by atoms with Crippen molar-refractivity contribution < 1.29 is 19.4 Å². The number of ether oxygens (including phenoxy) is 2. The lowest BCUT2D eigenvalue weighted by Gasteiger charge is -2.15. The van der Waals surface area contributed by atoms with Gasteiger partial charge in [0.1, 0.15) is 5.75 Å². The van der Waals surface area contributed by atoms with Crippen LogP contribution in [0, 0.1) is 6.92 Å². The maximum atomic E-state index is 10.9. The summed E-state index contributed by atoms with van der Waals surface area (Å²) in [6.07, 6.45) is 0.560. The number of aryl methyl sites for hydroxylation is 2. The number of carbonyl (C=O) groups is 1. The lowest BCUT2D eigenvalue weighted by molar-refractivity contribution is -0.144. The lowest BCUT2D eigenvalue weighted by Crippen LogP contribution is -2.23. The fourth-order valence-corrected chi connectivity index (χ4v) is 2.50. The number of nitrogens with zero attached hydrogens (tertiary/aromatic N) is 2. The van der Waals surface area contributed by atoms with Crippen molar-refractivity contribution in [2.75, 3.05) is 0 Å². The Balaban J connectivity index is 2.41. The quantitative estimate of drug-likeness (QED) is 0.819. The van der Waals surface area contributed by atoms with Gasteiger partial charge in [0.25, 0.3) is 0 Å². The predicted molar refractivity (Wildman–Crippen MR) is 92.3 cm³/mol. The van der Waals surface area contributed by atoms with E-state index >= 15 is 0 Å². The van der Waals surface area contributed by atoms with Crippen molar-refractivity contribution in [1.29, 1.82) is 0 Å². The van der Waals surface area contributed by atoms with Crippen LogP contribution in [-0.4, -0.2) is 27.0 Å². The van der Waals surface area contributed by atoms with Crippen LogP contribution in [0.25, 0.3) is 6.08 Å². The molecule has 0 aliphatic heterocycles. The van der Waals surface area contributed by atoms with Gasteiger partial charge in [0.05, 0.1) is 21.3 Å². The molecule has 0 bridgehead atoms. The molecule has 24 heavy (non-hydrogen) atoms. The molecule has 1 atom stereocenters. The van der Waals surface area contributed by atoms with E-state index < -0.39 is 12.1 Å². The van der Waals surface area contributed by atoms with E-state index in [0.29, 0.717) is 5.88 Å². The van der Waals surface area contributed by atoms with Gasteiger partial charge in [-0.15, -0.1) is 0 Å². The molecular formula is C16H16Cl2N2O4. The molecule has 2 rings (SSSR count). The summed E-state index contributed by atoms with van der Waals surface area (Å²) in [7, 11) is 1.73. The van der Waals surface area contributed by atoms with E-state index in [1.807, 2.05) is 6.92 Å². The van der Waals surface area contributed by atoms with Gasteiger partial charge >= 0.3 is 5.97 Å². The molecule has 1 aromatic carbocycles. The Morgan fingerprint density at radius 3 is 2.58 bits per heavy atom. The zero-order valence-corrected chi connectivity index (χ0v) is 14.9. The topological polar surface area (TPSA) is 73.6 Å². The van der Waals surface area contributed by atoms with Gasteiger partial charge in [-0.2, -0.15) is 5.10 Å². The molecule has 0 aliphatic carbocycles. The minimum atomic E-state index is -1.11. The predicted octanol–water partition coefficient (Wildman–Crippen LogP) is 4.32. The van der Waals surface area contributed by atoms with Crippen molar-refractivity contribution >= 4 is 35.2 Å². The first-order chi connectivity index (χ1) is 11.2. The Morgan fingerprint density at radius 1 is 1.38 bits per heavy atom. The van der Waals surface area contributed by atoms with E-state index in [4.69, 9.17) is 37.8 Å². The fourth-order valence-electron chi connectivity index (χ4n) is 2.03. The van der Waals surface area contributed by atoms with Crippen LogP contribution < -0.4 is 9.47 Å². The molecule has 0 aliphatic rings. The molecular weight excluding hydrogens is 355 g/mol. The maximum absolute atomic E-state index is 10.9. The molecule has 1 heterocycles. The van der Waals surface area contributed by atoms with Crippen molar-refractivity contribution in [3.63, 3.8) is 0 Å². The molecule has 0 saturated carbocycles. The molecule has 0 fully saturated rings. The van der Waals surface area contributed by atoms with Crippen molar-refractivity contribution in [1.82, 2.24) is 9.78 Å². The van der Waals surface area contributed by atoms with Gasteiger partial charge in [-0.3, -0.25) is 0 Å². The number of carboxylic acids is 1. The molecule has 128 valence electrons. The minimum Gasteiger partial charge on any atom is -0.479 e. The van der Waals surface area contributed by atoms with Crippen LogP contribution in [0.4, 0.5) is 0 Å². The summed E-state index contributed by atoms with van der Waals surface area (Å²) in [5.74, 6) is -0.242. The molecule has 6 nitrogen and oxygen atoms in total. The van der Waals surface area contributed by atoms with Crippen molar-refractivity contribution in [3.8, 4) is 17.4 Å². The normalized spacial score (nSPS) is 11.9. The number of carboxylic acid groups (broad SMARTS) is 1. The molecule has 0 radical (unpaired) electrons. The minimum absolute atomic E-state index is 0.157. The summed E-state index contributed by atoms with van der Waals surface area (Å²) < 4.78 is 12.7.